The first kappa shape index (κ1) is 9.86. The number of ether oxygens (including phenoxy) is 1. The van der Waals surface area contributed by atoms with Crippen molar-refractivity contribution in [3.05, 3.63) is 12.2 Å². The highest BCUT2D eigenvalue weighted by atomic mass is 16.6. The number of hydrogen-bond donors (Lipinski definition) is 1. The summed E-state index contributed by atoms with van der Waals surface area (Å²) in [6.45, 7) is 2.33. The molecule has 3 aliphatic rings. The van der Waals surface area contributed by atoms with E-state index in [-0.39, 0.29) is 0 Å². The van der Waals surface area contributed by atoms with E-state index in [1.54, 1.807) is 7.11 Å². The SMILES string of the molecule is COC(O)C1CC1(C)C1CC2C=CC1C2. The van der Waals surface area contributed by atoms with Crippen molar-refractivity contribution >= 4 is 0 Å². The molecule has 0 aromatic heterocycles. The van der Waals surface area contributed by atoms with Crippen LogP contribution in [0.2, 0.25) is 0 Å². The molecule has 2 nitrogen and oxygen atoms in total. The van der Waals surface area contributed by atoms with E-state index in [0.29, 0.717) is 11.3 Å². The Hall–Kier alpha value is -0.340. The lowest BCUT2D eigenvalue weighted by atomic mass is 9.79. The van der Waals surface area contributed by atoms with Gasteiger partial charge < -0.3 is 9.84 Å². The predicted molar refractivity (Wildman–Crippen MR) is 58.1 cm³/mol. The minimum absolute atomic E-state index is 0.347. The molecule has 2 fully saturated rings. The highest BCUT2D eigenvalue weighted by molar-refractivity contribution is 5.17. The fraction of sp³-hybridized carbons (Fsp3) is 0.846. The number of aliphatic hydroxyl groups excluding tert-OH is 1. The van der Waals surface area contributed by atoms with Crippen molar-refractivity contribution in [2.24, 2.45) is 29.1 Å². The number of rotatable bonds is 3. The van der Waals surface area contributed by atoms with Crippen molar-refractivity contribution in [3.63, 3.8) is 0 Å². The van der Waals surface area contributed by atoms with Gasteiger partial charge in [0.05, 0.1) is 0 Å². The van der Waals surface area contributed by atoms with Gasteiger partial charge in [0.2, 0.25) is 0 Å². The Labute approximate surface area is 91.3 Å². The summed E-state index contributed by atoms with van der Waals surface area (Å²) >= 11 is 0. The van der Waals surface area contributed by atoms with Crippen LogP contribution in [0.15, 0.2) is 12.2 Å². The highest BCUT2D eigenvalue weighted by Crippen LogP contribution is 2.66. The van der Waals surface area contributed by atoms with E-state index >= 15 is 0 Å². The molecule has 2 heteroatoms. The van der Waals surface area contributed by atoms with Crippen molar-refractivity contribution in [1.29, 1.82) is 0 Å². The second kappa shape index (κ2) is 3.08. The lowest BCUT2D eigenvalue weighted by molar-refractivity contribution is -0.0992. The predicted octanol–water partition coefficient (Wildman–Crippen LogP) is 2.19. The maximum atomic E-state index is 9.72. The van der Waals surface area contributed by atoms with Gasteiger partial charge in [0.1, 0.15) is 0 Å². The molecule has 0 saturated heterocycles. The van der Waals surface area contributed by atoms with E-state index in [4.69, 9.17) is 4.74 Å². The second-order valence-electron chi connectivity index (χ2n) is 5.83. The standard InChI is InChI=1S/C13H20O2/c1-13(7-11(13)12(14)15-2)10-6-8-3-4-9(10)5-8/h3-4,8-12,14H,5-7H2,1-2H3. The molecule has 0 heterocycles. The number of allylic oxidation sites excluding steroid dienone is 2. The molecule has 2 saturated carbocycles. The average molecular weight is 208 g/mol. The average Bonchev–Trinajstić information content (AvgIpc) is 2.68. The van der Waals surface area contributed by atoms with Crippen molar-refractivity contribution in [2.75, 3.05) is 7.11 Å². The molecule has 3 aliphatic carbocycles. The van der Waals surface area contributed by atoms with Crippen LogP contribution in [-0.4, -0.2) is 18.5 Å². The number of methoxy groups -OCH3 is 1. The van der Waals surface area contributed by atoms with Gasteiger partial charge in [0, 0.05) is 13.0 Å². The zero-order valence-electron chi connectivity index (χ0n) is 9.52. The molecular formula is C13H20O2. The monoisotopic (exact) mass is 208 g/mol. The molecule has 0 spiro atoms. The first-order chi connectivity index (χ1) is 7.15. The molecule has 2 bridgehead atoms. The summed E-state index contributed by atoms with van der Waals surface area (Å²) in [4.78, 5) is 0. The molecule has 0 amide bonds. The van der Waals surface area contributed by atoms with Crippen molar-refractivity contribution < 1.29 is 9.84 Å². The van der Waals surface area contributed by atoms with E-state index in [1.165, 1.54) is 12.8 Å². The van der Waals surface area contributed by atoms with Gasteiger partial charge >= 0.3 is 0 Å². The third kappa shape index (κ3) is 1.31. The van der Waals surface area contributed by atoms with Crippen LogP contribution in [0.5, 0.6) is 0 Å². The largest absolute Gasteiger partial charge is 0.368 e. The Bertz CT molecular complexity index is 299. The second-order valence-corrected chi connectivity index (χ2v) is 5.83. The van der Waals surface area contributed by atoms with E-state index in [1.807, 2.05) is 0 Å². The van der Waals surface area contributed by atoms with Crippen LogP contribution in [0.4, 0.5) is 0 Å². The van der Waals surface area contributed by atoms with Gasteiger partial charge in [-0.05, 0) is 42.4 Å². The molecule has 0 aromatic rings. The molecule has 3 rings (SSSR count). The lowest BCUT2D eigenvalue weighted by Crippen LogP contribution is -2.24. The van der Waals surface area contributed by atoms with Gasteiger partial charge in [-0.2, -0.15) is 0 Å². The third-order valence-electron chi connectivity index (χ3n) is 5.06. The zero-order chi connectivity index (χ0) is 10.6. The summed E-state index contributed by atoms with van der Waals surface area (Å²) in [5, 5.41) is 9.72. The normalized spacial score (nSPS) is 53.5. The minimum atomic E-state index is -0.543. The van der Waals surface area contributed by atoms with Crippen LogP contribution in [0.3, 0.4) is 0 Å². The number of fused-ring (bicyclic) bond motifs is 2. The summed E-state index contributed by atoms with van der Waals surface area (Å²) in [6, 6.07) is 0. The van der Waals surface area contributed by atoms with E-state index in [2.05, 4.69) is 19.1 Å². The first-order valence-electron chi connectivity index (χ1n) is 6.04. The maximum absolute atomic E-state index is 9.72. The fourth-order valence-corrected chi connectivity index (χ4v) is 3.97. The van der Waals surface area contributed by atoms with Crippen molar-refractivity contribution in [3.8, 4) is 0 Å². The molecule has 0 aromatic carbocycles. The Morgan fingerprint density at radius 2 is 2.20 bits per heavy atom. The smallest absolute Gasteiger partial charge is 0.157 e. The Morgan fingerprint density at radius 3 is 2.73 bits per heavy atom. The van der Waals surface area contributed by atoms with Crippen molar-refractivity contribution in [1.82, 2.24) is 0 Å². The number of hydrogen-bond acceptors (Lipinski definition) is 2. The first-order valence-corrected chi connectivity index (χ1v) is 6.04. The summed E-state index contributed by atoms with van der Waals surface area (Å²) in [5.74, 6) is 2.79. The van der Waals surface area contributed by atoms with Gasteiger partial charge in [0.15, 0.2) is 6.29 Å². The minimum Gasteiger partial charge on any atom is -0.368 e. The molecule has 6 atom stereocenters. The Morgan fingerprint density at radius 1 is 1.40 bits per heavy atom. The molecule has 0 aliphatic heterocycles. The Balaban J connectivity index is 1.72. The topological polar surface area (TPSA) is 29.5 Å². The van der Waals surface area contributed by atoms with Gasteiger partial charge in [-0.1, -0.05) is 19.1 Å². The van der Waals surface area contributed by atoms with Gasteiger partial charge in [-0.15, -0.1) is 0 Å². The highest BCUT2D eigenvalue weighted by Gasteiger charge is 2.61. The molecule has 84 valence electrons. The summed E-state index contributed by atoms with van der Waals surface area (Å²) in [6.07, 6.45) is 8.08. The van der Waals surface area contributed by atoms with Gasteiger partial charge in [-0.25, -0.2) is 0 Å². The van der Waals surface area contributed by atoms with E-state index in [9.17, 15) is 5.11 Å². The molecular weight excluding hydrogens is 188 g/mol. The van der Waals surface area contributed by atoms with Crippen LogP contribution in [0.1, 0.15) is 26.2 Å². The quantitative estimate of drug-likeness (QED) is 0.569. The van der Waals surface area contributed by atoms with Crippen LogP contribution >= 0.6 is 0 Å². The van der Waals surface area contributed by atoms with Crippen LogP contribution < -0.4 is 0 Å². The van der Waals surface area contributed by atoms with Crippen LogP contribution in [0.25, 0.3) is 0 Å². The van der Waals surface area contributed by atoms with E-state index < -0.39 is 6.29 Å². The van der Waals surface area contributed by atoms with Crippen LogP contribution in [0, 0.1) is 29.1 Å². The Kier molecular flexibility index (Phi) is 2.02. The third-order valence-corrected chi connectivity index (χ3v) is 5.06. The van der Waals surface area contributed by atoms with Crippen LogP contribution in [-0.2, 0) is 4.74 Å². The number of aliphatic hydroxyl groups is 1. The molecule has 0 radical (unpaired) electrons. The molecule has 1 N–H and O–H groups in total. The fourth-order valence-electron chi connectivity index (χ4n) is 3.97. The van der Waals surface area contributed by atoms with E-state index in [0.717, 1.165) is 24.2 Å². The van der Waals surface area contributed by atoms with Gasteiger partial charge in [-0.3, -0.25) is 0 Å². The van der Waals surface area contributed by atoms with Crippen molar-refractivity contribution in [2.45, 2.75) is 32.5 Å². The maximum Gasteiger partial charge on any atom is 0.157 e. The lowest BCUT2D eigenvalue weighted by Gasteiger charge is -2.27. The van der Waals surface area contributed by atoms with Gasteiger partial charge in [0.25, 0.3) is 0 Å². The zero-order valence-corrected chi connectivity index (χ0v) is 9.52. The molecule has 6 unspecified atom stereocenters. The summed E-state index contributed by atoms with van der Waals surface area (Å²) < 4.78 is 5.05. The molecule has 15 heavy (non-hydrogen) atoms. The summed E-state index contributed by atoms with van der Waals surface area (Å²) in [7, 11) is 1.60. The summed E-state index contributed by atoms with van der Waals surface area (Å²) in [5.41, 5.74) is 0.347.